The first-order chi connectivity index (χ1) is 16.1. The second-order valence-electron chi connectivity index (χ2n) is 8.11. The number of amides is 2. The van der Waals surface area contributed by atoms with Gasteiger partial charge < -0.3 is 15.0 Å². The molecule has 0 aliphatic rings. The van der Waals surface area contributed by atoms with Crippen molar-refractivity contribution in [2.45, 2.75) is 39.3 Å². The van der Waals surface area contributed by atoms with Gasteiger partial charge in [0.25, 0.3) is 5.91 Å². The van der Waals surface area contributed by atoms with E-state index >= 15 is 0 Å². The van der Waals surface area contributed by atoms with Crippen molar-refractivity contribution in [1.82, 2.24) is 10.2 Å². The molecule has 0 fully saturated rings. The minimum Gasteiger partial charge on any atom is -0.484 e. The number of hydrogen-bond acceptors (Lipinski definition) is 3. The molecule has 0 saturated carbocycles. The van der Waals surface area contributed by atoms with Crippen LogP contribution in [0.15, 0.2) is 84.9 Å². The Kier molecular flexibility index (Phi) is 9.07. The predicted molar refractivity (Wildman–Crippen MR) is 131 cm³/mol. The van der Waals surface area contributed by atoms with Crippen LogP contribution in [0.3, 0.4) is 0 Å². The van der Waals surface area contributed by atoms with E-state index in [0.29, 0.717) is 25.3 Å². The van der Waals surface area contributed by atoms with Gasteiger partial charge in [0.05, 0.1) is 0 Å². The highest BCUT2D eigenvalue weighted by atomic mass is 16.5. The van der Waals surface area contributed by atoms with Crippen LogP contribution in [0.25, 0.3) is 0 Å². The van der Waals surface area contributed by atoms with Crippen LogP contribution >= 0.6 is 0 Å². The summed E-state index contributed by atoms with van der Waals surface area (Å²) in [6.45, 7) is 4.77. The van der Waals surface area contributed by atoms with Gasteiger partial charge in [-0.25, -0.2) is 0 Å². The first kappa shape index (κ1) is 24.1. The van der Waals surface area contributed by atoms with Crippen molar-refractivity contribution < 1.29 is 14.3 Å². The van der Waals surface area contributed by atoms with Crippen LogP contribution < -0.4 is 10.1 Å². The summed E-state index contributed by atoms with van der Waals surface area (Å²) in [6, 6.07) is 26.5. The summed E-state index contributed by atoms with van der Waals surface area (Å²) in [5, 5.41) is 2.98. The van der Waals surface area contributed by atoms with Gasteiger partial charge >= 0.3 is 0 Å². The molecule has 172 valence electrons. The molecule has 0 spiro atoms. The molecular weight excluding hydrogens is 412 g/mol. The van der Waals surface area contributed by atoms with Crippen molar-refractivity contribution in [2.24, 2.45) is 0 Å². The maximum atomic E-state index is 13.4. The van der Waals surface area contributed by atoms with E-state index in [0.717, 1.165) is 23.1 Å². The number of rotatable bonds is 11. The second-order valence-corrected chi connectivity index (χ2v) is 8.11. The summed E-state index contributed by atoms with van der Waals surface area (Å²) in [5.41, 5.74) is 3.08. The minimum atomic E-state index is -0.645. The molecule has 0 bridgehead atoms. The average Bonchev–Trinajstić information content (AvgIpc) is 2.85. The highest BCUT2D eigenvalue weighted by Gasteiger charge is 2.30. The van der Waals surface area contributed by atoms with E-state index in [1.807, 2.05) is 98.8 Å². The van der Waals surface area contributed by atoms with Crippen LogP contribution in [0.2, 0.25) is 0 Å². The van der Waals surface area contributed by atoms with Gasteiger partial charge in [-0.2, -0.15) is 0 Å². The minimum absolute atomic E-state index is 0.137. The number of ether oxygens (including phenoxy) is 1. The Hall–Kier alpha value is -3.60. The van der Waals surface area contributed by atoms with E-state index in [-0.39, 0.29) is 18.4 Å². The SMILES string of the molecule is CCCNC(=O)C(Cc1ccccc1)N(Cc1ccccc1)C(=O)COc1ccc(C)cc1. The van der Waals surface area contributed by atoms with E-state index in [2.05, 4.69) is 5.32 Å². The topological polar surface area (TPSA) is 58.6 Å². The molecule has 0 radical (unpaired) electrons. The molecule has 0 aliphatic carbocycles. The number of carbonyl (C=O) groups excluding carboxylic acids is 2. The molecule has 0 aliphatic heterocycles. The summed E-state index contributed by atoms with van der Waals surface area (Å²) in [5.74, 6) is 0.246. The zero-order valence-electron chi connectivity index (χ0n) is 19.4. The number of aryl methyl sites for hydroxylation is 1. The van der Waals surface area contributed by atoms with Gasteiger partial charge in [-0.3, -0.25) is 9.59 Å². The molecular formula is C28H32N2O3. The van der Waals surface area contributed by atoms with Crippen molar-refractivity contribution in [3.63, 3.8) is 0 Å². The molecule has 1 atom stereocenters. The lowest BCUT2D eigenvalue weighted by Crippen LogP contribution is -2.51. The Labute approximate surface area is 196 Å². The summed E-state index contributed by atoms with van der Waals surface area (Å²) >= 11 is 0. The largest absolute Gasteiger partial charge is 0.484 e. The van der Waals surface area contributed by atoms with E-state index < -0.39 is 6.04 Å². The normalized spacial score (nSPS) is 11.5. The number of nitrogens with zero attached hydrogens (tertiary/aromatic N) is 1. The average molecular weight is 445 g/mol. The van der Waals surface area contributed by atoms with Gasteiger partial charge in [0.2, 0.25) is 5.91 Å². The Balaban J connectivity index is 1.85. The standard InChI is InChI=1S/C28H32N2O3/c1-3-18-29-28(32)26(19-23-10-6-4-7-11-23)30(20-24-12-8-5-9-13-24)27(31)21-33-25-16-14-22(2)15-17-25/h4-17,26H,3,18-21H2,1-2H3,(H,29,32). The maximum Gasteiger partial charge on any atom is 0.261 e. The second kappa shape index (κ2) is 12.4. The van der Waals surface area contributed by atoms with Crippen LogP contribution in [-0.2, 0) is 22.6 Å². The summed E-state index contributed by atoms with van der Waals surface area (Å²) < 4.78 is 5.78. The lowest BCUT2D eigenvalue weighted by molar-refractivity contribution is -0.142. The Bertz CT molecular complexity index is 1000. The fourth-order valence-electron chi connectivity index (χ4n) is 3.56. The molecule has 0 heterocycles. The summed E-state index contributed by atoms with van der Waals surface area (Å²) in [4.78, 5) is 28.3. The highest BCUT2D eigenvalue weighted by Crippen LogP contribution is 2.16. The van der Waals surface area contributed by atoms with Crippen molar-refractivity contribution >= 4 is 11.8 Å². The number of hydrogen-bond donors (Lipinski definition) is 1. The van der Waals surface area contributed by atoms with E-state index in [1.165, 1.54) is 0 Å². The first-order valence-electron chi connectivity index (χ1n) is 11.4. The van der Waals surface area contributed by atoms with Gasteiger partial charge in [-0.15, -0.1) is 0 Å². The van der Waals surface area contributed by atoms with Crippen LogP contribution in [0, 0.1) is 6.92 Å². The molecule has 3 aromatic rings. The summed E-state index contributed by atoms with van der Waals surface area (Å²) in [7, 11) is 0. The Morgan fingerprint density at radius 3 is 2.09 bits per heavy atom. The molecule has 3 rings (SSSR count). The van der Waals surface area contributed by atoms with Gasteiger partial charge in [0, 0.05) is 19.5 Å². The lowest BCUT2D eigenvalue weighted by atomic mass is 10.0. The number of nitrogens with one attached hydrogen (secondary N) is 1. The fourth-order valence-corrected chi connectivity index (χ4v) is 3.56. The Morgan fingerprint density at radius 2 is 1.48 bits per heavy atom. The highest BCUT2D eigenvalue weighted by molar-refractivity contribution is 5.88. The van der Waals surface area contributed by atoms with E-state index in [4.69, 9.17) is 4.74 Å². The maximum absolute atomic E-state index is 13.4. The van der Waals surface area contributed by atoms with Crippen molar-refractivity contribution in [3.05, 3.63) is 102 Å². The molecule has 5 nitrogen and oxygen atoms in total. The quantitative estimate of drug-likeness (QED) is 0.472. The third-order valence-corrected chi connectivity index (χ3v) is 5.40. The molecule has 1 unspecified atom stereocenters. The van der Waals surface area contributed by atoms with Crippen molar-refractivity contribution in [1.29, 1.82) is 0 Å². The summed E-state index contributed by atoms with van der Waals surface area (Å²) in [6.07, 6.45) is 1.26. The van der Waals surface area contributed by atoms with Crippen LogP contribution in [0.1, 0.15) is 30.0 Å². The molecule has 5 heteroatoms. The van der Waals surface area contributed by atoms with Gasteiger partial charge in [-0.1, -0.05) is 85.3 Å². The third kappa shape index (κ3) is 7.49. The molecule has 1 N–H and O–H groups in total. The molecule has 3 aromatic carbocycles. The zero-order chi connectivity index (χ0) is 23.5. The van der Waals surface area contributed by atoms with Gasteiger partial charge in [0.1, 0.15) is 11.8 Å². The molecule has 33 heavy (non-hydrogen) atoms. The third-order valence-electron chi connectivity index (χ3n) is 5.40. The van der Waals surface area contributed by atoms with Crippen LogP contribution in [0.5, 0.6) is 5.75 Å². The lowest BCUT2D eigenvalue weighted by Gasteiger charge is -2.31. The van der Waals surface area contributed by atoms with E-state index in [9.17, 15) is 9.59 Å². The molecule has 0 saturated heterocycles. The van der Waals surface area contributed by atoms with Crippen LogP contribution in [-0.4, -0.2) is 35.9 Å². The number of benzene rings is 3. The van der Waals surface area contributed by atoms with Crippen molar-refractivity contribution in [3.8, 4) is 5.75 Å². The molecule has 0 aromatic heterocycles. The first-order valence-corrected chi connectivity index (χ1v) is 11.4. The van der Waals surface area contributed by atoms with E-state index in [1.54, 1.807) is 4.90 Å². The number of carbonyl (C=O) groups is 2. The fraction of sp³-hybridized carbons (Fsp3) is 0.286. The molecule has 2 amide bonds. The zero-order valence-corrected chi connectivity index (χ0v) is 19.4. The van der Waals surface area contributed by atoms with Gasteiger partial charge in [-0.05, 0) is 36.6 Å². The van der Waals surface area contributed by atoms with Crippen LogP contribution in [0.4, 0.5) is 0 Å². The Morgan fingerprint density at radius 1 is 0.879 bits per heavy atom. The van der Waals surface area contributed by atoms with Crippen molar-refractivity contribution in [2.75, 3.05) is 13.2 Å². The van der Waals surface area contributed by atoms with Gasteiger partial charge in [0.15, 0.2) is 6.61 Å². The monoisotopic (exact) mass is 444 g/mol. The predicted octanol–water partition coefficient (Wildman–Crippen LogP) is 4.54. The smallest absolute Gasteiger partial charge is 0.261 e.